The summed E-state index contributed by atoms with van der Waals surface area (Å²) in [4.78, 5) is 11.8. The van der Waals surface area contributed by atoms with E-state index in [1.165, 1.54) is 0 Å². The van der Waals surface area contributed by atoms with Gasteiger partial charge in [-0.2, -0.15) is 0 Å². The van der Waals surface area contributed by atoms with Gasteiger partial charge in [0.2, 0.25) is 11.8 Å². The van der Waals surface area contributed by atoms with Crippen LogP contribution in [0.25, 0.3) is 0 Å². The Morgan fingerprint density at radius 2 is 2.10 bits per heavy atom. The highest BCUT2D eigenvalue weighted by Crippen LogP contribution is 2.36. The molecular weight excluding hydrogens is 278 g/mol. The Hall–Kier alpha value is -1.85. The van der Waals surface area contributed by atoms with Gasteiger partial charge in [-0.1, -0.05) is 6.07 Å². The number of hydrogen-bond acceptors (Lipinski definition) is 3. The minimum atomic E-state index is -2.60. The smallest absolute Gasteiger partial charge is 0.248 e. The Morgan fingerprint density at radius 1 is 1.38 bits per heavy atom. The number of carbonyl (C=O) groups is 1. The zero-order valence-corrected chi connectivity index (χ0v) is 11.8. The molecule has 0 unspecified atom stereocenters. The van der Waals surface area contributed by atoms with Gasteiger partial charge in [-0.05, 0) is 25.0 Å². The summed E-state index contributed by atoms with van der Waals surface area (Å²) in [5, 5.41) is 2.72. The fraction of sp³-hybridized carbons (Fsp3) is 0.533. The van der Waals surface area contributed by atoms with Crippen molar-refractivity contribution in [3.63, 3.8) is 0 Å². The van der Waals surface area contributed by atoms with Crippen molar-refractivity contribution in [3.8, 4) is 5.75 Å². The molecule has 0 heterocycles. The van der Waals surface area contributed by atoms with E-state index in [-0.39, 0.29) is 37.5 Å². The number of hydrogen-bond donors (Lipinski definition) is 2. The fourth-order valence-electron chi connectivity index (χ4n) is 2.39. The summed E-state index contributed by atoms with van der Waals surface area (Å²) >= 11 is 0. The van der Waals surface area contributed by atoms with E-state index >= 15 is 0 Å². The average molecular weight is 298 g/mol. The molecule has 1 aromatic rings. The van der Waals surface area contributed by atoms with Crippen molar-refractivity contribution in [3.05, 3.63) is 24.3 Å². The molecule has 3 N–H and O–H groups in total. The zero-order chi connectivity index (χ0) is 15.3. The van der Waals surface area contributed by atoms with Gasteiger partial charge in [-0.25, -0.2) is 8.78 Å². The van der Waals surface area contributed by atoms with Crippen LogP contribution in [0.1, 0.15) is 25.7 Å². The monoisotopic (exact) mass is 298 g/mol. The summed E-state index contributed by atoms with van der Waals surface area (Å²) in [5.74, 6) is -2.44. The summed E-state index contributed by atoms with van der Waals surface area (Å²) in [5.41, 5.74) is 6.23. The first-order valence-electron chi connectivity index (χ1n) is 7.10. The maximum Gasteiger partial charge on any atom is 0.248 e. The van der Waals surface area contributed by atoms with Crippen molar-refractivity contribution >= 4 is 11.6 Å². The number of anilines is 1. The summed E-state index contributed by atoms with van der Waals surface area (Å²) in [6.45, 7) is 0.665. The molecule has 0 atom stereocenters. The van der Waals surface area contributed by atoms with Gasteiger partial charge in [0.05, 0.1) is 6.54 Å². The van der Waals surface area contributed by atoms with Gasteiger partial charge < -0.3 is 15.8 Å². The molecule has 1 aliphatic rings. The Morgan fingerprint density at radius 3 is 2.76 bits per heavy atom. The van der Waals surface area contributed by atoms with Crippen LogP contribution in [0.5, 0.6) is 5.75 Å². The second-order valence-corrected chi connectivity index (χ2v) is 5.34. The summed E-state index contributed by atoms with van der Waals surface area (Å²) in [7, 11) is 0. The third-order valence-corrected chi connectivity index (χ3v) is 3.62. The summed E-state index contributed by atoms with van der Waals surface area (Å²) in [6.07, 6.45) is 0.0829. The number of amides is 1. The number of nitrogens with two attached hydrogens (primary N) is 1. The standard InChI is InChI=1S/C15H20F2N2O2/c16-15(17)6-4-11(5-7-15)14(20)19-8-9-21-13-3-1-2-12(18)10-13/h1-3,10-11H,4-9,18H2,(H,19,20). The van der Waals surface area contributed by atoms with Crippen LogP contribution in [0.4, 0.5) is 14.5 Å². The Balaban J connectivity index is 1.66. The van der Waals surface area contributed by atoms with Gasteiger partial charge in [-0.3, -0.25) is 4.79 Å². The molecule has 1 aromatic carbocycles. The molecule has 1 aliphatic carbocycles. The van der Waals surface area contributed by atoms with Crippen LogP contribution in [0, 0.1) is 5.92 Å². The van der Waals surface area contributed by atoms with E-state index in [4.69, 9.17) is 10.5 Å². The average Bonchev–Trinajstić information content (AvgIpc) is 2.43. The Kier molecular flexibility index (Phi) is 4.98. The molecule has 116 valence electrons. The maximum absolute atomic E-state index is 13.0. The molecule has 0 aromatic heterocycles. The van der Waals surface area contributed by atoms with E-state index in [1.54, 1.807) is 24.3 Å². The molecule has 0 saturated heterocycles. The van der Waals surface area contributed by atoms with Gasteiger partial charge in [0.15, 0.2) is 0 Å². The predicted molar refractivity (Wildman–Crippen MR) is 76.3 cm³/mol. The number of alkyl halides is 2. The summed E-state index contributed by atoms with van der Waals surface area (Å²) in [6, 6.07) is 7.02. The first-order chi connectivity index (χ1) is 9.96. The number of halogens is 2. The predicted octanol–water partition coefficient (Wildman–Crippen LogP) is 2.59. The molecule has 4 nitrogen and oxygen atoms in total. The van der Waals surface area contributed by atoms with Gasteiger partial charge in [-0.15, -0.1) is 0 Å². The molecule has 0 radical (unpaired) electrons. The van der Waals surface area contributed by atoms with Crippen molar-refractivity contribution in [2.75, 3.05) is 18.9 Å². The molecule has 0 spiro atoms. The molecule has 0 bridgehead atoms. The molecule has 21 heavy (non-hydrogen) atoms. The van der Waals surface area contributed by atoms with Crippen molar-refractivity contribution in [2.24, 2.45) is 5.92 Å². The minimum absolute atomic E-state index is 0.165. The van der Waals surface area contributed by atoms with Crippen molar-refractivity contribution in [2.45, 2.75) is 31.6 Å². The zero-order valence-electron chi connectivity index (χ0n) is 11.8. The van der Waals surface area contributed by atoms with Crippen molar-refractivity contribution in [1.29, 1.82) is 0 Å². The molecule has 1 fully saturated rings. The van der Waals surface area contributed by atoms with E-state index in [1.807, 2.05) is 0 Å². The largest absolute Gasteiger partial charge is 0.492 e. The van der Waals surface area contributed by atoms with Crippen LogP contribution >= 0.6 is 0 Å². The topological polar surface area (TPSA) is 64.3 Å². The van der Waals surface area contributed by atoms with Gasteiger partial charge in [0, 0.05) is 30.5 Å². The molecule has 6 heteroatoms. The second kappa shape index (κ2) is 6.74. The lowest BCUT2D eigenvalue weighted by Crippen LogP contribution is -2.37. The summed E-state index contributed by atoms with van der Waals surface area (Å²) < 4.78 is 31.5. The van der Waals surface area contributed by atoms with Crippen LogP contribution in [-0.2, 0) is 4.79 Å². The van der Waals surface area contributed by atoms with E-state index in [9.17, 15) is 13.6 Å². The maximum atomic E-state index is 13.0. The number of nitrogens with one attached hydrogen (secondary N) is 1. The van der Waals surface area contributed by atoms with E-state index in [0.29, 0.717) is 24.6 Å². The lowest BCUT2D eigenvalue weighted by atomic mass is 9.86. The number of ether oxygens (including phenoxy) is 1. The highest BCUT2D eigenvalue weighted by Gasteiger charge is 2.37. The van der Waals surface area contributed by atoms with Gasteiger partial charge in [0.25, 0.3) is 0 Å². The van der Waals surface area contributed by atoms with Crippen LogP contribution in [0.3, 0.4) is 0 Å². The minimum Gasteiger partial charge on any atom is -0.492 e. The second-order valence-electron chi connectivity index (χ2n) is 5.34. The highest BCUT2D eigenvalue weighted by atomic mass is 19.3. The number of rotatable bonds is 5. The normalized spacial score (nSPS) is 18.2. The van der Waals surface area contributed by atoms with Crippen LogP contribution in [-0.4, -0.2) is 25.0 Å². The Labute approximate surface area is 122 Å². The third-order valence-electron chi connectivity index (χ3n) is 3.62. The number of benzene rings is 1. The van der Waals surface area contributed by atoms with Crippen molar-refractivity contribution in [1.82, 2.24) is 5.32 Å². The van der Waals surface area contributed by atoms with Crippen molar-refractivity contribution < 1.29 is 18.3 Å². The number of carbonyl (C=O) groups excluding carboxylic acids is 1. The lowest BCUT2D eigenvalue weighted by molar-refractivity contribution is -0.129. The Bertz CT molecular complexity index is 484. The van der Waals surface area contributed by atoms with Gasteiger partial charge >= 0.3 is 0 Å². The SMILES string of the molecule is Nc1cccc(OCCNC(=O)C2CCC(F)(F)CC2)c1. The molecular formula is C15H20F2N2O2. The van der Waals surface area contributed by atoms with Crippen LogP contribution in [0.15, 0.2) is 24.3 Å². The fourth-order valence-corrected chi connectivity index (χ4v) is 2.39. The number of nitrogen functional groups attached to an aromatic ring is 1. The quantitative estimate of drug-likeness (QED) is 0.648. The highest BCUT2D eigenvalue weighted by molar-refractivity contribution is 5.78. The molecule has 0 aliphatic heterocycles. The molecule has 1 amide bonds. The van der Waals surface area contributed by atoms with Crippen LogP contribution < -0.4 is 15.8 Å². The van der Waals surface area contributed by atoms with Gasteiger partial charge in [0.1, 0.15) is 12.4 Å². The van der Waals surface area contributed by atoms with E-state index < -0.39 is 5.92 Å². The third kappa shape index (κ3) is 4.88. The first-order valence-corrected chi connectivity index (χ1v) is 7.10. The molecule has 2 rings (SSSR count). The van der Waals surface area contributed by atoms with E-state index in [0.717, 1.165) is 0 Å². The lowest BCUT2D eigenvalue weighted by Gasteiger charge is -2.27. The molecule has 1 saturated carbocycles. The van der Waals surface area contributed by atoms with Crippen LogP contribution in [0.2, 0.25) is 0 Å². The van der Waals surface area contributed by atoms with E-state index in [2.05, 4.69) is 5.32 Å². The first kappa shape index (κ1) is 15.5.